The summed E-state index contributed by atoms with van der Waals surface area (Å²) in [6.07, 6.45) is 0. The molecule has 10 aromatic rings. The van der Waals surface area contributed by atoms with Gasteiger partial charge in [0.2, 0.25) is 0 Å². The van der Waals surface area contributed by atoms with E-state index in [4.69, 9.17) is 0 Å². The van der Waals surface area contributed by atoms with Crippen LogP contribution in [0.5, 0.6) is 0 Å². The predicted octanol–water partition coefficient (Wildman–Crippen LogP) is 16.4. The Kier molecular flexibility index (Phi) is 7.42. The van der Waals surface area contributed by atoms with E-state index in [-0.39, 0.29) is 10.8 Å². The van der Waals surface area contributed by atoms with Crippen LogP contribution in [0.4, 0.5) is 0 Å². The van der Waals surface area contributed by atoms with E-state index in [0.717, 1.165) is 0 Å². The first-order chi connectivity index (χ1) is 29.3. The summed E-state index contributed by atoms with van der Waals surface area (Å²) in [5.41, 5.74) is 20.8. The van der Waals surface area contributed by atoms with Crippen molar-refractivity contribution in [3.8, 4) is 66.8 Å². The van der Waals surface area contributed by atoms with Crippen molar-refractivity contribution in [2.75, 3.05) is 0 Å². The van der Waals surface area contributed by atoms with E-state index in [2.05, 4.69) is 222 Å². The van der Waals surface area contributed by atoms with Crippen LogP contribution >= 0.6 is 0 Å². The highest BCUT2D eigenvalue weighted by Crippen LogP contribution is 2.54. The van der Waals surface area contributed by atoms with Crippen LogP contribution < -0.4 is 0 Å². The van der Waals surface area contributed by atoms with Crippen molar-refractivity contribution in [1.82, 2.24) is 0 Å². The lowest BCUT2D eigenvalue weighted by molar-refractivity contribution is 0.660. The van der Waals surface area contributed by atoms with E-state index < -0.39 is 0 Å². The Morgan fingerprint density at radius 3 is 1.37 bits per heavy atom. The van der Waals surface area contributed by atoms with Crippen molar-refractivity contribution in [2.24, 2.45) is 0 Å². The minimum absolute atomic E-state index is 0.0968. The third kappa shape index (κ3) is 5.04. The van der Waals surface area contributed by atoms with Crippen LogP contribution in [0, 0.1) is 0 Å². The van der Waals surface area contributed by atoms with Gasteiger partial charge in [0.05, 0.1) is 0 Å². The van der Waals surface area contributed by atoms with Gasteiger partial charge in [-0.15, -0.1) is 0 Å². The molecule has 0 aromatic heterocycles. The highest BCUT2D eigenvalue weighted by molar-refractivity contribution is 6.22. The molecule has 0 bridgehead atoms. The fourth-order valence-corrected chi connectivity index (χ4v) is 10.9. The van der Waals surface area contributed by atoms with Gasteiger partial charge in [0, 0.05) is 10.8 Å². The van der Waals surface area contributed by atoms with Gasteiger partial charge in [0.1, 0.15) is 0 Å². The largest absolute Gasteiger partial charge is 0.0622 e. The van der Waals surface area contributed by atoms with Crippen molar-refractivity contribution in [3.63, 3.8) is 0 Å². The second kappa shape index (κ2) is 12.7. The van der Waals surface area contributed by atoms with E-state index in [1.165, 1.54) is 121 Å². The van der Waals surface area contributed by atoms with Crippen LogP contribution in [0.3, 0.4) is 0 Å². The summed E-state index contributed by atoms with van der Waals surface area (Å²) in [7, 11) is 0. The first-order valence-corrected chi connectivity index (χ1v) is 21.3. The Labute approximate surface area is 352 Å². The van der Waals surface area contributed by atoms with E-state index in [9.17, 15) is 0 Å². The number of hydrogen-bond acceptors (Lipinski definition) is 0. The van der Waals surface area contributed by atoms with Gasteiger partial charge in [0.15, 0.2) is 0 Å². The van der Waals surface area contributed by atoms with Crippen LogP contribution in [-0.4, -0.2) is 0 Å². The molecule has 0 saturated heterocycles. The molecule has 0 radical (unpaired) electrons. The van der Waals surface area contributed by atoms with Gasteiger partial charge < -0.3 is 0 Å². The minimum Gasteiger partial charge on any atom is -0.0622 e. The second-order valence-corrected chi connectivity index (χ2v) is 18.1. The Morgan fingerprint density at radius 1 is 0.250 bits per heavy atom. The average molecular weight is 765 g/mol. The molecule has 10 aromatic carbocycles. The van der Waals surface area contributed by atoms with Crippen molar-refractivity contribution in [1.29, 1.82) is 0 Å². The molecule has 284 valence electrons. The lowest BCUT2D eigenvalue weighted by Crippen LogP contribution is -2.15. The molecule has 0 nitrogen and oxygen atoms in total. The summed E-state index contributed by atoms with van der Waals surface area (Å²) in [6.45, 7) is 9.57. The molecule has 0 N–H and O–H groups in total. The van der Waals surface area contributed by atoms with Crippen molar-refractivity contribution in [2.45, 2.75) is 38.5 Å². The zero-order valence-corrected chi connectivity index (χ0v) is 34.5. The smallest absolute Gasteiger partial charge is 0.0159 e. The fraction of sp³-hybridized carbons (Fsp3) is 0.100. The number of rotatable bonds is 4. The zero-order valence-electron chi connectivity index (χ0n) is 34.5. The van der Waals surface area contributed by atoms with E-state index in [0.29, 0.717) is 0 Å². The number of benzene rings is 10. The molecule has 0 atom stereocenters. The molecular weight excluding hydrogens is 721 g/mol. The zero-order chi connectivity index (χ0) is 40.3. The molecule has 2 aliphatic carbocycles. The SMILES string of the molecule is CC1(C)c2ccccc2-c2ccc(-c3c4ccccc4c(-c4ccc5c(c4)C(C)(C)c4cc(-c6ccccc6)ccc4-5)c4ccc(-c5ccc6ccccc6c5)cc34)cc21. The van der Waals surface area contributed by atoms with Gasteiger partial charge in [0.25, 0.3) is 0 Å². The Morgan fingerprint density at radius 2 is 0.683 bits per heavy atom. The first kappa shape index (κ1) is 35.0. The Balaban J connectivity index is 1.10. The maximum atomic E-state index is 2.50. The number of fused-ring (bicyclic) bond motifs is 9. The summed E-state index contributed by atoms with van der Waals surface area (Å²) in [5.74, 6) is 0. The molecule has 0 heteroatoms. The monoisotopic (exact) mass is 764 g/mol. The summed E-state index contributed by atoms with van der Waals surface area (Å²) >= 11 is 0. The van der Waals surface area contributed by atoms with Crippen LogP contribution in [0.15, 0.2) is 194 Å². The molecule has 0 aliphatic heterocycles. The molecule has 0 heterocycles. The Hall–Kier alpha value is -7.02. The average Bonchev–Trinajstić information content (AvgIpc) is 3.66. The second-order valence-electron chi connectivity index (χ2n) is 18.1. The summed E-state index contributed by atoms with van der Waals surface area (Å²) in [4.78, 5) is 0. The lowest BCUT2D eigenvalue weighted by Gasteiger charge is -2.24. The van der Waals surface area contributed by atoms with E-state index >= 15 is 0 Å². The first-order valence-electron chi connectivity index (χ1n) is 21.3. The topological polar surface area (TPSA) is 0 Å². The van der Waals surface area contributed by atoms with Gasteiger partial charge in [-0.05, 0) is 152 Å². The van der Waals surface area contributed by atoms with Crippen molar-refractivity contribution < 1.29 is 0 Å². The molecule has 0 amide bonds. The molecule has 0 unspecified atom stereocenters. The maximum absolute atomic E-state index is 2.50. The van der Waals surface area contributed by atoms with Gasteiger partial charge in [-0.1, -0.05) is 191 Å². The molecular formula is C60H44. The minimum atomic E-state index is -0.158. The highest BCUT2D eigenvalue weighted by Gasteiger charge is 2.37. The predicted molar refractivity (Wildman–Crippen MR) is 256 cm³/mol. The van der Waals surface area contributed by atoms with Gasteiger partial charge in [-0.2, -0.15) is 0 Å². The molecule has 0 fully saturated rings. The highest BCUT2D eigenvalue weighted by atomic mass is 14.4. The quantitative estimate of drug-likeness (QED) is 0.157. The van der Waals surface area contributed by atoms with Crippen molar-refractivity contribution >= 4 is 32.3 Å². The summed E-state index contributed by atoms with van der Waals surface area (Å²) < 4.78 is 0. The molecule has 60 heavy (non-hydrogen) atoms. The lowest BCUT2D eigenvalue weighted by atomic mass is 9.79. The number of hydrogen-bond donors (Lipinski definition) is 0. The van der Waals surface area contributed by atoms with Crippen LogP contribution in [-0.2, 0) is 10.8 Å². The summed E-state index contributed by atoms with van der Waals surface area (Å²) in [5, 5.41) is 7.62. The van der Waals surface area contributed by atoms with Crippen LogP contribution in [0.25, 0.3) is 99.1 Å². The van der Waals surface area contributed by atoms with Crippen molar-refractivity contribution in [3.05, 3.63) is 216 Å². The molecule has 12 rings (SSSR count). The van der Waals surface area contributed by atoms with Crippen LogP contribution in [0.2, 0.25) is 0 Å². The van der Waals surface area contributed by atoms with E-state index in [1.807, 2.05) is 0 Å². The molecule has 2 aliphatic rings. The van der Waals surface area contributed by atoms with Crippen LogP contribution in [0.1, 0.15) is 49.9 Å². The fourth-order valence-electron chi connectivity index (χ4n) is 10.9. The van der Waals surface area contributed by atoms with E-state index in [1.54, 1.807) is 0 Å². The summed E-state index contributed by atoms with van der Waals surface area (Å²) in [6, 6.07) is 73.2. The van der Waals surface area contributed by atoms with Gasteiger partial charge >= 0.3 is 0 Å². The third-order valence-electron chi connectivity index (χ3n) is 14.1. The molecule has 0 saturated carbocycles. The Bertz CT molecular complexity index is 3410. The molecule has 0 spiro atoms. The normalized spacial score (nSPS) is 14.3. The van der Waals surface area contributed by atoms with Gasteiger partial charge in [-0.3, -0.25) is 0 Å². The maximum Gasteiger partial charge on any atom is 0.0159 e. The van der Waals surface area contributed by atoms with Gasteiger partial charge in [-0.25, -0.2) is 0 Å². The standard InChI is InChI=1S/C60H44/c1-59(2)53-21-13-12-18-45(53)46-29-27-44(36-55(46)59)58-50-20-11-10-19-49(50)57(51-31-25-41(33-52(51)58)40-23-22-38-16-8-9-17-39(38)32-40)43-26-30-48-47-28-24-42(37-14-6-5-7-15-37)34-54(47)60(3,4)56(48)35-43/h5-36H,1-4H3. The third-order valence-corrected chi connectivity index (χ3v) is 14.1.